The molecule has 0 aromatic carbocycles. The van der Waals surface area contributed by atoms with Crippen molar-refractivity contribution in [3.63, 3.8) is 0 Å². The summed E-state index contributed by atoms with van der Waals surface area (Å²) in [6, 6.07) is 0. The second kappa shape index (κ2) is 12.4. The molecule has 42 heavy (non-hydrogen) atoms. The molecule has 0 spiro atoms. The van der Waals surface area contributed by atoms with Gasteiger partial charge in [0.2, 0.25) is 5.95 Å². The fourth-order valence-electron chi connectivity index (χ4n) is 3.97. The molecule has 5 rings (SSSR count). The molecule has 1 saturated heterocycles. The van der Waals surface area contributed by atoms with Crippen LogP contribution in [0.25, 0.3) is 21.9 Å². The van der Waals surface area contributed by atoms with E-state index < -0.39 is 50.4 Å². The number of H-pyrrole nitrogens is 1. The van der Waals surface area contributed by atoms with Gasteiger partial charge in [0, 0.05) is 13.3 Å². The van der Waals surface area contributed by atoms with E-state index in [0.717, 1.165) is 0 Å². The van der Waals surface area contributed by atoms with Crippen LogP contribution in [-0.4, -0.2) is 71.4 Å². The first kappa shape index (κ1) is 31.2. The molecular formula is C19H24FN9O8P2S3. The molecule has 4 aromatic rings. The Morgan fingerprint density at radius 3 is 2.76 bits per heavy atom. The number of alkyl halides is 1. The summed E-state index contributed by atoms with van der Waals surface area (Å²) in [5.74, 6) is 0.280. The van der Waals surface area contributed by atoms with Gasteiger partial charge < -0.3 is 15.0 Å². The molecule has 0 amide bonds. The molecule has 23 heteroatoms. The van der Waals surface area contributed by atoms with Crippen LogP contribution in [0.3, 0.4) is 0 Å². The van der Waals surface area contributed by atoms with Gasteiger partial charge in [-0.25, -0.2) is 28.2 Å². The van der Waals surface area contributed by atoms with Crippen molar-refractivity contribution >= 4 is 66.5 Å². The number of anilines is 1. The SMILES string of the molecule is COP(=O)(S)OCCn1nc(-c2cncs2)nc1COP(=O)(S)O[C@@H]1[C@H](F)[C@@H](C)O[C@H]1n1cnc2c(=O)[nH]c(N)nc21. The van der Waals surface area contributed by atoms with E-state index in [0.29, 0.717) is 10.7 Å². The van der Waals surface area contributed by atoms with E-state index in [1.165, 1.54) is 40.9 Å². The number of hydrogen-bond donors (Lipinski definition) is 4. The second-order valence-corrected chi connectivity index (χ2v) is 15.5. The number of nitrogens with one attached hydrogen (secondary N) is 1. The van der Waals surface area contributed by atoms with Crippen LogP contribution in [-0.2, 0) is 45.1 Å². The van der Waals surface area contributed by atoms with Crippen LogP contribution in [0.5, 0.6) is 0 Å². The molecular weight excluding hydrogens is 659 g/mol. The number of imidazole rings is 1. The van der Waals surface area contributed by atoms with Crippen molar-refractivity contribution in [2.75, 3.05) is 19.5 Å². The molecule has 0 saturated carbocycles. The minimum absolute atomic E-state index is 0.0104. The van der Waals surface area contributed by atoms with Crippen molar-refractivity contribution in [3.05, 3.63) is 34.2 Å². The van der Waals surface area contributed by atoms with Gasteiger partial charge in [-0.15, -0.1) is 16.4 Å². The number of rotatable bonds is 12. The van der Waals surface area contributed by atoms with Crippen molar-refractivity contribution in [1.29, 1.82) is 0 Å². The lowest BCUT2D eigenvalue weighted by Crippen LogP contribution is -2.29. The number of nitrogens with two attached hydrogens (primary N) is 1. The average Bonchev–Trinajstić information content (AvgIpc) is 3.72. The summed E-state index contributed by atoms with van der Waals surface area (Å²) in [7, 11) is 1.19. The van der Waals surface area contributed by atoms with Gasteiger partial charge in [0.05, 0.1) is 36.0 Å². The van der Waals surface area contributed by atoms with Gasteiger partial charge in [-0.1, -0.05) is 24.5 Å². The monoisotopic (exact) mass is 683 g/mol. The minimum Gasteiger partial charge on any atom is -0.369 e. The first-order chi connectivity index (χ1) is 19.9. The van der Waals surface area contributed by atoms with E-state index in [-0.39, 0.29) is 36.1 Å². The largest absolute Gasteiger partial charge is 0.387 e. The maximum Gasteiger partial charge on any atom is 0.387 e. The van der Waals surface area contributed by atoms with Crippen LogP contribution in [0.4, 0.5) is 10.3 Å². The van der Waals surface area contributed by atoms with Gasteiger partial charge in [0.15, 0.2) is 35.2 Å². The fourth-order valence-corrected chi connectivity index (χ4v) is 6.55. The lowest BCUT2D eigenvalue weighted by Gasteiger charge is -2.24. The molecule has 6 atom stereocenters. The number of aromatic nitrogens is 8. The van der Waals surface area contributed by atoms with Crippen LogP contribution in [0, 0.1) is 0 Å². The van der Waals surface area contributed by atoms with Crippen LogP contribution in [0.15, 0.2) is 22.8 Å². The predicted octanol–water partition coefficient (Wildman–Crippen LogP) is 3.01. The number of nitrogen functional groups attached to an aromatic ring is 1. The van der Waals surface area contributed by atoms with E-state index in [2.05, 4.69) is 54.5 Å². The summed E-state index contributed by atoms with van der Waals surface area (Å²) >= 11 is 9.15. The number of aromatic amines is 1. The first-order valence-electron chi connectivity index (χ1n) is 11.9. The van der Waals surface area contributed by atoms with Gasteiger partial charge in [-0.3, -0.25) is 32.9 Å². The van der Waals surface area contributed by atoms with Gasteiger partial charge >= 0.3 is 13.6 Å². The van der Waals surface area contributed by atoms with Crippen LogP contribution >= 0.6 is 49.4 Å². The maximum absolute atomic E-state index is 15.3. The third kappa shape index (κ3) is 6.80. The zero-order valence-corrected chi connectivity index (χ0v) is 26.1. The van der Waals surface area contributed by atoms with Crippen molar-refractivity contribution in [1.82, 2.24) is 39.3 Å². The minimum atomic E-state index is -4.29. The highest BCUT2D eigenvalue weighted by Gasteiger charge is 2.48. The summed E-state index contributed by atoms with van der Waals surface area (Å²) in [5, 5.41) is 4.38. The third-order valence-corrected chi connectivity index (χ3v) is 10.1. The fraction of sp³-hybridized carbons (Fsp3) is 0.474. The molecule has 0 aliphatic carbocycles. The van der Waals surface area contributed by atoms with Gasteiger partial charge in [0.25, 0.3) is 5.56 Å². The molecule has 5 heterocycles. The Labute approximate surface area is 250 Å². The van der Waals surface area contributed by atoms with Crippen molar-refractivity contribution in [2.24, 2.45) is 0 Å². The van der Waals surface area contributed by atoms with Crippen LogP contribution < -0.4 is 11.3 Å². The molecule has 4 aromatic heterocycles. The molecule has 228 valence electrons. The van der Waals surface area contributed by atoms with E-state index in [4.69, 9.17) is 28.6 Å². The van der Waals surface area contributed by atoms with Gasteiger partial charge in [-0.2, -0.15) is 4.98 Å². The standard InChI is InChI=1S/C19H24FN9O8P2S3/c1-9-12(20)14(18(36-9)28-7-23-13-16(28)25-19(21)26-17(13)30)37-39(32,41)35-6-11-24-15(10-5-22-8-42-10)27-29(11)3-4-34-38(31,40)33-2/h5,7-9,12,14,18H,3-4,6H2,1-2H3,(H,31,40)(H,32,41)(H3,21,25,26,30)/t9-,12-,14-,18-,38?,39?/m1/s1. The summed E-state index contributed by atoms with van der Waals surface area (Å²) in [6.07, 6.45) is -2.74. The molecule has 0 radical (unpaired) electrons. The molecule has 1 aliphatic heterocycles. The molecule has 17 nitrogen and oxygen atoms in total. The Morgan fingerprint density at radius 2 is 2.05 bits per heavy atom. The number of hydrogen-bond acceptors (Lipinski definition) is 15. The van der Waals surface area contributed by atoms with E-state index in [1.807, 2.05) is 0 Å². The number of fused-ring (bicyclic) bond motifs is 1. The zero-order valence-electron chi connectivity index (χ0n) is 21.7. The number of thiazole rings is 1. The highest BCUT2D eigenvalue weighted by molar-refractivity contribution is 8.44. The van der Waals surface area contributed by atoms with Gasteiger partial charge in [0.1, 0.15) is 12.7 Å². The summed E-state index contributed by atoms with van der Waals surface area (Å²) in [6.45, 7) is -6.89. The summed E-state index contributed by atoms with van der Waals surface area (Å²) < 4.78 is 69.8. The Balaban J connectivity index is 1.34. The van der Waals surface area contributed by atoms with E-state index in [9.17, 15) is 13.9 Å². The topological polar surface area (TPSA) is 213 Å². The molecule has 0 bridgehead atoms. The number of nitrogens with zero attached hydrogens (tertiary/aromatic N) is 7. The molecule has 3 N–H and O–H groups in total. The van der Waals surface area contributed by atoms with Crippen molar-refractivity contribution < 1.29 is 36.4 Å². The summed E-state index contributed by atoms with van der Waals surface area (Å²) in [5.41, 5.74) is 6.60. The lowest BCUT2D eigenvalue weighted by molar-refractivity contribution is -0.0252. The van der Waals surface area contributed by atoms with Crippen LogP contribution in [0.2, 0.25) is 0 Å². The Bertz CT molecular complexity index is 1720. The van der Waals surface area contributed by atoms with E-state index in [1.54, 1.807) is 11.7 Å². The number of ether oxygens (including phenoxy) is 1. The smallest absolute Gasteiger partial charge is 0.369 e. The quantitative estimate of drug-likeness (QED) is 0.125. The second-order valence-electron chi connectivity index (χ2n) is 8.69. The maximum atomic E-state index is 15.3. The Kier molecular flexibility index (Phi) is 9.25. The first-order valence-corrected chi connectivity index (χ1v) is 18.2. The third-order valence-electron chi connectivity index (χ3n) is 5.92. The normalized spacial score (nSPS) is 23.7. The summed E-state index contributed by atoms with van der Waals surface area (Å²) in [4.78, 5) is 31.6. The van der Waals surface area contributed by atoms with Crippen molar-refractivity contribution in [2.45, 2.75) is 44.7 Å². The Hall–Kier alpha value is -2.19. The number of thiol groups is 2. The predicted molar refractivity (Wildman–Crippen MR) is 154 cm³/mol. The van der Waals surface area contributed by atoms with Crippen LogP contribution in [0.1, 0.15) is 19.0 Å². The van der Waals surface area contributed by atoms with Gasteiger partial charge in [-0.05, 0) is 6.92 Å². The lowest BCUT2D eigenvalue weighted by atomic mass is 10.2. The molecule has 2 unspecified atom stereocenters. The van der Waals surface area contributed by atoms with E-state index >= 15 is 4.39 Å². The highest BCUT2D eigenvalue weighted by atomic mass is 32.7. The number of halogens is 1. The zero-order chi connectivity index (χ0) is 30.2. The van der Waals surface area contributed by atoms with Crippen molar-refractivity contribution in [3.8, 4) is 10.7 Å². The molecule has 1 aliphatic rings. The Morgan fingerprint density at radius 1 is 1.26 bits per heavy atom. The average molecular weight is 684 g/mol. The molecule has 1 fully saturated rings. The highest BCUT2D eigenvalue weighted by Crippen LogP contribution is 2.57.